The third kappa shape index (κ3) is 2.29. The van der Waals surface area contributed by atoms with E-state index >= 15 is 0 Å². The first-order valence-corrected chi connectivity index (χ1v) is 4.45. The van der Waals surface area contributed by atoms with Gasteiger partial charge in [-0.15, -0.1) is 5.10 Å². The van der Waals surface area contributed by atoms with Crippen LogP contribution in [0.15, 0.2) is 0 Å². The Bertz CT molecular complexity index is 310. The number of ether oxygens (including phenoxy) is 1. The quantitative estimate of drug-likeness (QED) is 0.678. The summed E-state index contributed by atoms with van der Waals surface area (Å²) in [5.74, 6) is 0.192. The van der Waals surface area contributed by atoms with Gasteiger partial charge < -0.3 is 10.1 Å². The van der Waals surface area contributed by atoms with Gasteiger partial charge in [-0.2, -0.15) is 0 Å². The summed E-state index contributed by atoms with van der Waals surface area (Å²) < 4.78 is 4.75. The number of nitrogens with one attached hydrogen (secondary N) is 2. The number of H-pyrrole nitrogens is 1. The lowest BCUT2D eigenvalue weighted by Crippen LogP contribution is -2.14. The Morgan fingerprint density at radius 3 is 3.00 bits per heavy atom. The van der Waals surface area contributed by atoms with Crippen LogP contribution in [0.1, 0.15) is 36.3 Å². The molecule has 1 atom stereocenters. The molecule has 0 aliphatic carbocycles. The Labute approximate surface area is 82.1 Å². The van der Waals surface area contributed by atoms with Crippen molar-refractivity contribution in [3.63, 3.8) is 0 Å². The standard InChI is InChI=1S/C8H14N4O2/c1-4-14-8(13)7-10-6(11-12-7)5(2)9-3/h5,9H,4H2,1-3H3,(H,10,11,12)/t5-/m0/s1. The molecule has 1 aromatic rings. The van der Waals surface area contributed by atoms with Crippen molar-refractivity contribution in [1.82, 2.24) is 20.5 Å². The molecule has 0 aromatic carbocycles. The van der Waals surface area contributed by atoms with E-state index in [9.17, 15) is 4.79 Å². The molecule has 2 N–H and O–H groups in total. The van der Waals surface area contributed by atoms with Gasteiger partial charge in [0, 0.05) is 0 Å². The average Bonchev–Trinajstić information content (AvgIpc) is 2.66. The molecule has 0 radical (unpaired) electrons. The van der Waals surface area contributed by atoms with Gasteiger partial charge in [0.15, 0.2) is 0 Å². The zero-order chi connectivity index (χ0) is 10.6. The minimum atomic E-state index is -0.502. The van der Waals surface area contributed by atoms with Gasteiger partial charge in [-0.3, -0.25) is 5.10 Å². The van der Waals surface area contributed by atoms with Crippen molar-refractivity contribution in [2.45, 2.75) is 19.9 Å². The molecule has 0 saturated carbocycles. The van der Waals surface area contributed by atoms with Crippen molar-refractivity contribution < 1.29 is 9.53 Å². The third-order valence-electron chi connectivity index (χ3n) is 1.80. The largest absolute Gasteiger partial charge is 0.460 e. The zero-order valence-corrected chi connectivity index (χ0v) is 8.50. The lowest BCUT2D eigenvalue weighted by Gasteiger charge is -2.03. The fraction of sp³-hybridized carbons (Fsp3) is 0.625. The molecule has 0 fully saturated rings. The van der Waals surface area contributed by atoms with E-state index in [0.29, 0.717) is 12.4 Å². The van der Waals surface area contributed by atoms with Crippen LogP contribution in [-0.2, 0) is 4.74 Å². The Kier molecular flexibility index (Phi) is 3.58. The van der Waals surface area contributed by atoms with Gasteiger partial charge in [0.25, 0.3) is 5.82 Å². The van der Waals surface area contributed by atoms with Crippen molar-refractivity contribution in [3.8, 4) is 0 Å². The molecule has 0 aliphatic heterocycles. The van der Waals surface area contributed by atoms with E-state index in [1.165, 1.54) is 0 Å². The van der Waals surface area contributed by atoms with Crippen LogP contribution < -0.4 is 5.32 Å². The summed E-state index contributed by atoms with van der Waals surface area (Å²) in [6, 6.07) is 0.0330. The average molecular weight is 198 g/mol. The van der Waals surface area contributed by atoms with Crippen molar-refractivity contribution in [1.29, 1.82) is 0 Å². The highest BCUT2D eigenvalue weighted by atomic mass is 16.5. The maximum absolute atomic E-state index is 11.2. The van der Waals surface area contributed by atoms with Gasteiger partial charge in [-0.1, -0.05) is 0 Å². The maximum Gasteiger partial charge on any atom is 0.378 e. The highest BCUT2D eigenvalue weighted by molar-refractivity contribution is 5.84. The number of aromatic nitrogens is 3. The molecule has 6 heteroatoms. The second-order valence-electron chi connectivity index (χ2n) is 2.78. The fourth-order valence-corrected chi connectivity index (χ4v) is 0.892. The van der Waals surface area contributed by atoms with Gasteiger partial charge >= 0.3 is 5.97 Å². The molecular weight excluding hydrogens is 184 g/mol. The number of hydrogen-bond acceptors (Lipinski definition) is 5. The molecule has 1 rings (SSSR count). The molecule has 14 heavy (non-hydrogen) atoms. The molecule has 0 amide bonds. The van der Waals surface area contributed by atoms with Crippen LogP contribution in [0, 0.1) is 0 Å². The summed E-state index contributed by atoms with van der Waals surface area (Å²) in [7, 11) is 1.80. The summed E-state index contributed by atoms with van der Waals surface area (Å²) in [5.41, 5.74) is 0. The molecule has 78 valence electrons. The highest BCUT2D eigenvalue weighted by Crippen LogP contribution is 2.05. The minimum Gasteiger partial charge on any atom is -0.460 e. The van der Waals surface area contributed by atoms with Gasteiger partial charge in [0.2, 0.25) is 0 Å². The predicted octanol–water partition coefficient (Wildman–Crippen LogP) is 0.262. The Morgan fingerprint density at radius 1 is 1.71 bits per heavy atom. The predicted molar refractivity (Wildman–Crippen MR) is 49.8 cm³/mol. The molecular formula is C8H14N4O2. The first-order valence-electron chi connectivity index (χ1n) is 4.45. The Hall–Kier alpha value is -1.43. The lowest BCUT2D eigenvalue weighted by molar-refractivity contribution is 0.0512. The molecule has 6 nitrogen and oxygen atoms in total. The van der Waals surface area contributed by atoms with Crippen LogP contribution in [-0.4, -0.2) is 34.8 Å². The second-order valence-corrected chi connectivity index (χ2v) is 2.78. The van der Waals surface area contributed by atoms with Crippen LogP contribution in [0.5, 0.6) is 0 Å². The van der Waals surface area contributed by atoms with Crippen molar-refractivity contribution in [2.24, 2.45) is 0 Å². The van der Waals surface area contributed by atoms with Crippen molar-refractivity contribution in [2.75, 3.05) is 13.7 Å². The van der Waals surface area contributed by atoms with Crippen LogP contribution in [0.2, 0.25) is 0 Å². The zero-order valence-electron chi connectivity index (χ0n) is 8.50. The Balaban J connectivity index is 2.72. The molecule has 0 unspecified atom stereocenters. The van der Waals surface area contributed by atoms with Crippen molar-refractivity contribution in [3.05, 3.63) is 11.6 Å². The van der Waals surface area contributed by atoms with Gasteiger partial charge in [0.1, 0.15) is 5.82 Å². The number of rotatable bonds is 4. The van der Waals surface area contributed by atoms with E-state index in [2.05, 4.69) is 20.5 Å². The number of aromatic amines is 1. The van der Waals surface area contributed by atoms with Gasteiger partial charge in [-0.25, -0.2) is 9.78 Å². The van der Waals surface area contributed by atoms with Crippen LogP contribution >= 0.6 is 0 Å². The first-order chi connectivity index (χ1) is 6.69. The molecule has 1 heterocycles. The second kappa shape index (κ2) is 4.71. The topological polar surface area (TPSA) is 79.9 Å². The van der Waals surface area contributed by atoms with Crippen molar-refractivity contribution >= 4 is 5.97 Å². The summed E-state index contributed by atoms with van der Waals surface area (Å²) in [6.45, 7) is 3.97. The Morgan fingerprint density at radius 2 is 2.43 bits per heavy atom. The van der Waals surface area contributed by atoms with Crippen LogP contribution in [0.25, 0.3) is 0 Å². The summed E-state index contributed by atoms with van der Waals surface area (Å²) in [4.78, 5) is 15.2. The number of nitrogens with zero attached hydrogens (tertiary/aromatic N) is 2. The summed E-state index contributed by atoms with van der Waals surface area (Å²) in [5, 5.41) is 9.40. The summed E-state index contributed by atoms with van der Waals surface area (Å²) >= 11 is 0. The SMILES string of the molecule is CCOC(=O)c1n[nH]c([C@H](C)NC)n1. The monoisotopic (exact) mass is 198 g/mol. The normalized spacial score (nSPS) is 12.5. The van der Waals surface area contributed by atoms with E-state index < -0.39 is 5.97 Å². The molecule has 0 aliphatic rings. The van der Waals surface area contributed by atoms with Gasteiger partial charge in [0.05, 0.1) is 12.6 Å². The van der Waals surface area contributed by atoms with E-state index in [4.69, 9.17) is 4.74 Å². The summed E-state index contributed by atoms with van der Waals surface area (Å²) in [6.07, 6.45) is 0. The van der Waals surface area contributed by atoms with Gasteiger partial charge in [-0.05, 0) is 20.9 Å². The van der Waals surface area contributed by atoms with E-state index in [1.807, 2.05) is 6.92 Å². The number of hydrogen-bond donors (Lipinski definition) is 2. The molecule has 0 saturated heterocycles. The van der Waals surface area contributed by atoms with E-state index in [-0.39, 0.29) is 11.9 Å². The van der Waals surface area contributed by atoms with Crippen LogP contribution in [0.3, 0.4) is 0 Å². The third-order valence-corrected chi connectivity index (χ3v) is 1.80. The molecule has 0 spiro atoms. The highest BCUT2D eigenvalue weighted by Gasteiger charge is 2.15. The van der Waals surface area contributed by atoms with E-state index in [0.717, 1.165) is 0 Å². The van der Waals surface area contributed by atoms with E-state index in [1.54, 1.807) is 14.0 Å². The smallest absolute Gasteiger partial charge is 0.378 e. The molecule has 0 bridgehead atoms. The molecule has 1 aromatic heterocycles. The number of carbonyl (C=O) groups excluding carboxylic acids is 1. The minimum absolute atomic E-state index is 0.0330. The number of carbonyl (C=O) groups is 1. The van der Waals surface area contributed by atoms with Crippen LogP contribution in [0.4, 0.5) is 0 Å². The fourth-order valence-electron chi connectivity index (χ4n) is 0.892. The lowest BCUT2D eigenvalue weighted by atomic mass is 10.3. The first kappa shape index (κ1) is 10.6. The number of esters is 1. The maximum atomic E-state index is 11.2.